The van der Waals surface area contributed by atoms with Gasteiger partial charge in [0.1, 0.15) is 0 Å². The van der Waals surface area contributed by atoms with Crippen LogP contribution in [0.5, 0.6) is 0 Å². The minimum Gasteiger partial charge on any atom is -0.367 e. The molecule has 2 aromatic heterocycles. The molecule has 3 heterocycles. The van der Waals surface area contributed by atoms with Crippen LogP contribution in [0.1, 0.15) is 65.1 Å². The van der Waals surface area contributed by atoms with Gasteiger partial charge < -0.3 is 10.6 Å². The molecule has 1 aromatic carbocycles. The number of likely N-dealkylation sites (tertiary alicyclic amines) is 1. The Morgan fingerprint density at radius 3 is 2.21 bits per heavy atom. The van der Waals surface area contributed by atoms with Crippen molar-refractivity contribution in [3.8, 4) is 11.1 Å². The van der Waals surface area contributed by atoms with Gasteiger partial charge in [0.15, 0.2) is 0 Å². The van der Waals surface area contributed by atoms with Crippen LogP contribution in [0.3, 0.4) is 0 Å². The van der Waals surface area contributed by atoms with Gasteiger partial charge in [0.05, 0.1) is 23.4 Å². The molecule has 0 bridgehead atoms. The molecule has 6 nitrogen and oxygen atoms in total. The number of benzene rings is 1. The number of piperidine rings is 1. The van der Waals surface area contributed by atoms with E-state index in [1.165, 1.54) is 0 Å². The molecule has 0 spiro atoms. The van der Waals surface area contributed by atoms with Crippen LogP contribution < -0.4 is 5.73 Å². The van der Waals surface area contributed by atoms with Crippen molar-refractivity contribution >= 4 is 22.9 Å². The van der Waals surface area contributed by atoms with E-state index < -0.39 is 18.5 Å². The summed E-state index contributed by atoms with van der Waals surface area (Å²) in [7, 11) is 1.73. The van der Waals surface area contributed by atoms with E-state index in [2.05, 4.69) is 40.2 Å². The zero-order valence-electron chi connectivity index (χ0n) is 24.1. The first-order valence-electron chi connectivity index (χ1n) is 13.0. The van der Waals surface area contributed by atoms with Gasteiger partial charge in [-0.3, -0.25) is 4.99 Å². The molecule has 4 rings (SSSR count). The standard InChI is InChI=1S/C17H19N5.C6H11F2N.C3H5F3.C2H6/c1-10(2)19-15-6-5-13(9-11(15)3)14-7-8-22-16(14)12(4)20-17(18)21-22;1-9-4-2-3-6(7,8)5-9;1-2-3(4,5)6;1-2/h5-9H,1-4H3,(H2,18,21);2-5H2,1H3;2H2,1H3;1-2H3. The van der Waals surface area contributed by atoms with Crippen molar-refractivity contribution in [1.82, 2.24) is 19.5 Å². The van der Waals surface area contributed by atoms with Crippen molar-refractivity contribution < 1.29 is 22.0 Å². The summed E-state index contributed by atoms with van der Waals surface area (Å²) in [6.45, 7) is 13.9. The van der Waals surface area contributed by atoms with Crippen LogP contribution in [0.25, 0.3) is 16.6 Å². The van der Waals surface area contributed by atoms with E-state index in [4.69, 9.17) is 5.73 Å². The SMILES string of the molecule is CC.CC(C)=Nc1ccc(-c2ccn3nc(N)nc(C)c23)cc1C.CCC(F)(F)F.CN1CCCC(F)(F)C1. The number of nitrogens with zero attached hydrogens (tertiary/aromatic N) is 5. The molecule has 1 aliphatic heterocycles. The number of aromatic nitrogens is 3. The number of nitrogen functional groups attached to an aromatic ring is 1. The first-order valence-corrected chi connectivity index (χ1v) is 13.0. The lowest BCUT2D eigenvalue weighted by atomic mass is 10.0. The summed E-state index contributed by atoms with van der Waals surface area (Å²) in [5, 5.41) is 4.22. The summed E-state index contributed by atoms with van der Waals surface area (Å²) >= 11 is 0. The summed E-state index contributed by atoms with van der Waals surface area (Å²) < 4.78 is 59.0. The number of halogens is 5. The van der Waals surface area contributed by atoms with Gasteiger partial charge in [-0.05, 0) is 77.0 Å². The summed E-state index contributed by atoms with van der Waals surface area (Å²) in [6, 6.07) is 8.32. The highest BCUT2D eigenvalue weighted by molar-refractivity contribution is 5.85. The van der Waals surface area contributed by atoms with E-state index in [9.17, 15) is 22.0 Å². The predicted octanol–water partition coefficient (Wildman–Crippen LogP) is 8.04. The number of hydrogen-bond acceptors (Lipinski definition) is 5. The van der Waals surface area contributed by atoms with Crippen molar-refractivity contribution in [3.63, 3.8) is 0 Å². The largest absolute Gasteiger partial charge is 0.388 e. The lowest BCUT2D eigenvalue weighted by molar-refractivity contribution is -0.130. The van der Waals surface area contributed by atoms with Crippen LogP contribution in [0.4, 0.5) is 33.6 Å². The Balaban J connectivity index is 0.000000369. The van der Waals surface area contributed by atoms with E-state index in [-0.39, 0.29) is 18.9 Å². The second kappa shape index (κ2) is 14.9. The van der Waals surface area contributed by atoms with Crippen molar-refractivity contribution in [1.29, 1.82) is 0 Å². The minimum atomic E-state index is -3.96. The molecule has 0 unspecified atom stereocenters. The van der Waals surface area contributed by atoms with E-state index in [1.807, 2.05) is 46.9 Å². The Hall–Kier alpha value is -3.08. The maximum absolute atomic E-state index is 12.4. The number of rotatable bonds is 2. The molecule has 0 radical (unpaired) electrons. The van der Waals surface area contributed by atoms with E-state index >= 15 is 0 Å². The molecule has 11 heteroatoms. The maximum atomic E-state index is 12.4. The Labute approximate surface area is 228 Å². The number of aliphatic imine (C=N–C) groups is 1. The van der Waals surface area contributed by atoms with E-state index in [0.29, 0.717) is 6.42 Å². The van der Waals surface area contributed by atoms with Crippen LogP contribution in [-0.4, -0.2) is 57.4 Å². The average molecular weight is 557 g/mol. The highest BCUT2D eigenvalue weighted by Crippen LogP contribution is 2.31. The minimum absolute atomic E-state index is 0.0625. The summed E-state index contributed by atoms with van der Waals surface area (Å²) in [6.07, 6.45) is -2.08. The molecule has 0 saturated carbocycles. The van der Waals surface area contributed by atoms with Crippen molar-refractivity contribution in [2.45, 2.75) is 79.8 Å². The first kappa shape index (κ1) is 33.9. The Morgan fingerprint density at radius 2 is 1.74 bits per heavy atom. The predicted molar refractivity (Wildman–Crippen MR) is 150 cm³/mol. The zero-order chi connectivity index (χ0) is 30.0. The van der Waals surface area contributed by atoms with Gasteiger partial charge in [-0.25, -0.2) is 18.3 Å². The molecular formula is C28H41F5N6. The fourth-order valence-corrected chi connectivity index (χ4v) is 3.81. The van der Waals surface area contributed by atoms with Gasteiger partial charge >= 0.3 is 6.18 Å². The fourth-order valence-electron chi connectivity index (χ4n) is 3.81. The smallest absolute Gasteiger partial charge is 0.367 e. The lowest BCUT2D eigenvalue weighted by Crippen LogP contribution is -2.39. The maximum Gasteiger partial charge on any atom is 0.388 e. The number of hydrogen-bond donors (Lipinski definition) is 1. The Morgan fingerprint density at radius 1 is 1.13 bits per heavy atom. The Bertz CT molecular complexity index is 1210. The number of nitrogens with two attached hydrogens (primary N) is 1. The Kier molecular flexibility index (Phi) is 13.0. The molecule has 2 N–H and O–H groups in total. The number of alkyl halides is 5. The zero-order valence-corrected chi connectivity index (χ0v) is 24.1. The van der Waals surface area contributed by atoms with Gasteiger partial charge in [-0.15, -0.1) is 5.10 Å². The molecule has 0 aliphatic carbocycles. The average Bonchev–Trinajstić information content (AvgIpc) is 3.25. The van der Waals surface area contributed by atoms with Crippen LogP contribution in [-0.2, 0) is 0 Å². The van der Waals surface area contributed by atoms with Gasteiger partial charge in [-0.1, -0.05) is 26.8 Å². The van der Waals surface area contributed by atoms with Gasteiger partial charge in [0, 0.05) is 30.3 Å². The summed E-state index contributed by atoms with van der Waals surface area (Å²) in [4.78, 5) is 10.5. The van der Waals surface area contributed by atoms with Crippen LogP contribution in [0.2, 0.25) is 0 Å². The second-order valence-corrected chi connectivity index (χ2v) is 9.30. The molecule has 0 amide bonds. The molecule has 218 valence electrons. The third kappa shape index (κ3) is 11.3. The van der Waals surface area contributed by atoms with Crippen molar-refractivity contribution in [2.75, 3.05) is 25.9 Å². The van der Waals surface area contributed by atoms with Crippen LogP contribution >= 0.6 is 0 Å². The highest BCUT2D eigenvalue weighted by atomic mass is 19.4. The van der Waals surface area contributed by atoms with Crippen LogP contribution in [0.15, 0.2) is 35.5 Å². The van der Waals surface area contributed by atoms with Gasteiger partial charge in [0.2, 0.25) is 5.95 Å². The normalized spacial score (nSPS) is 14.7. The topological polar surface area (TPSA) is 71.8 Å². The summed E-state index contributed by atoms with van der Waals surface area (Å²) in [5.41, 5.74) is 13.0. The van der Waals surface area contributed by atoms with E-state index in [1.54, 1.807) is 16.5 Å². The van der Waals surface area contributed by atoms with E-state index in [0.717, 1.165) is 52.8 Å². The number of aryl methyl sites for hydroxylation is 2. The molecule has 1 saturated heterocycles. The molecule has 3 aromatic rings. The number of fused-ring (bicyclic) bond motifs is 1. The third-order valence-corrected chi connectivity index (χ3v) is 5.54. The third-order valence-electron chi connectivity index (χ3n) is 5.54. The first-order chi connectivity index (χ1) is 18.1. The van der Waals surface area contributed by atoms with Gasteiger partial charge in [0.25, 0.3) is 5.92 Å². The van der Waals surface area contributed by atoms with Crippen LogP contribution in [0, 0.1) is 13.8 Å². The van der Waals surface area contributed by atoms with Crippen molar-refractivity contribution in [3.05, 3.63) is 41.7 Å². The van der Waals surface area contributed by atoms with Crippen molar-refractivity contribution in [2.24, 2.45) is 4.99 Å². The molecule has 0 atom stereocenters. The quantitative estimate of drug-likeness (QED) is 0.256. The molecule has 1 fully saturated rings. The van der Waals surface area contributed by atoms with Gasteiger partial charge in [-0.2, -0.15) is 13.2 Å². The lowest BCUT2D eigenvalue weighted by Gasteiger charge is -2.28. The molecule has 39 heavy (non-hydrogen) atoms. The monoisotopic (exact) mass is 556 g/mol. The fraction of sp³-hybridized carbons (Fsp3) is 0.536. The summed E-state index contributed by atoms with van der Waals surface area (Å²) in [5.74, 6) is -2.14. The number of anilines is 1. The second-order valence-electron chi connectivity index (χ2n) is 9.30. The molecule has 1 aliphatic rings. The highest BCUT2D eigenvalue weighted by Gasteiger charge is 2.33. The molecular weight excluding hydrogens is 515 g/mol.